The van der Waals surface area contributed by atoms with Gasteiger partial charge in [0.1, 0.15) is 5.82 Å². The maximum Gasteiger partial charge on any atom is 0.123 e. The zero-order valence-corrected chi connectivity index (χ0v) is 11.9. The minimum atomic E-state index is -0.234. The first kappa shape index (κ1) is 14.3. The Morgan fingerprint density at radius 2 is 2.05 bits per heavy atom. The molecule has 1 aromatic rings. The standard InChI is InChI=1S/C17H19FN2/c1-12-4-10-17(14-6-8-15(18)9-7-14)20-16(12)11-5-13(2)19-3/h4-10,16,19H,1,11H2,2-3H3/b13-5+/t16-/m0/s1. The number of nitrogens with one attached hydrogen (secondary N) is 1. The molecule has 1 aliphatic heterocycles. The molecule has 1 atom stereocenters. The largest absolute Gasteiger partial charge is 0.392 e. The van der Waals surface area contributed by atoms with E-state index in [1.165, 1.54) is 12.1 Å². The second-order valence-electron chi connectivity index (χ2n) is 4.82. The Bertz CT molecular complexity index is 580. The lowest BCUT2D eigenvalue weighted by Gasteiger charge is -2.18. The van der Waals surface area contributed by atoms with Gasteiger partial charge in [-0.05, 0) is 54.8 Å². The second kappa shape index (κ2) is 6.33. The lowest BCUT2D eigenvalue weighted by molar-refractivity contribution is 0.628. The first-order chi connectivity index (χ1) is 9.60. The molecule has 3 heteroatoms. The van der Waals surface area contributed by atoms with Gasteiger partial charge in [0.15, 0.2) is 0 Å². The summed E-state index contributed by atoms with van der Waals surface area (Å²) in [6.07, 6.45) is 6.83. The molecule has 1 aliphatic rings. The van der Waals surface area contributed by atoms with Crippen molar-refractivity contribution in [3.05, 3.63) is 71.7 Å². The lowest BCUT2D eigenvalue weighted by atomic mass is 9.98. The van der Waals surface area contributed by atoms with Crippen LogP contribution in [-0.2, 0) is 0 Å². The number of hydrogen-bond donors (Lipinski definition) is 1. The Balaban J connectivity index is 2.20. The second-order valence-corrected chi connectivity index (χ2v) is 4.82. The van der Waals surface area contributed by atoms with Gasteiger partial charge in [0.25, 0.3) is 0 Å². The Morgan fingerprint density at radius 1 is 1.35 bits per heavy atom. The van der Waals surface area contributed by atoms with Gasteiger partial charge in [-0.25, -0.2) is 4.39 Å². The van der Waals surface area contributed by atoms with Gasteiger partial charge < -0.3 is 5.32 Å². The topological polar surface area (TPSA) is 24.4 Å². The van der Waals surface area contributed by atoms with E-state index in [9.17, 15) is 4.39 Å². The van der Waals surface area contributed by atoms with E-state index in [1.54, 1.807) is 12.1 Å². The Labute approximate surface area is 119 Å². The van der Waals surface area contributed by atoms with Crippen LogP contribution < -0.4 is 5.32 Å². The van der Waals surface area contributed by atoms with Crippen molar-refractivity contribution in [3.8, 4) is 0 Å². The molecule has 2 rings (SSSR count). The zero-order chi connectivity index (χ0) is 14.5. The zero-order valence-electron chi connectivity index (χ0n) is 11.9. The van der Waals surface area contributed by atoms with E-state index in [-0.39, 0.29) is 11.9 Å². The summed E-state index contributed by atoms with van der Waals surface area (Å²) >= 11 is 0. The van der Waals surface area contributed by atoms with E-state index in [1.807, 2.05) is 26.1 Å². The molecular weight excluding hydrogens is 251 g/mol. The van der Waals surface area contributed by atoms with Gasteiger partial charge >= 0.3 is 0 Å². The van der Waals surface area contributed by atoms with Crippen molar-refractivity contribution < 1.29 is 4.39 Å². The Morgan fingerprint density at radius 3 is 2.70 bits per heavy atom. The van der Waals surface area contributed by atoms with Crippen molar-refractivity contribution in [1.82, 2.24) is 5.32 Å². The highest BCUT2D eigenvalue weighted by molar-refractivity contribution is 6.09. The van der Waals surface area contributed by atoms with Crippen molar-refractivity contribution in [2.24, 2.45) is 4.99 Å². The maximum absolute atomic E-state index is 13.0. The number of aliphatic imine (C=N–C) groups is 1. The predicted octanol–water partition coefficient (Wildman–Crippen LogP) is 3.62. The van der Waals surface area contributed by atoms with Crippen LogP contribution in [0.1, 0.15) is 18.9 Å². The van der Waals surface area contributed by atoms with Crippen LogP contribution >= 0.6 is 0 Å². The minimum Gasteiger partial charge on any atom is -0.392 e. The molecule has 1 N–H and O–H groups in total. The van der Waals surface area contributed by atoms with E-state index in [2.05, 4.69) is 18.0 Å². The highest BCUT2D eigenvalue weighted by Crippen LogP contribution is 2.19. The number of nitrogens with zero attached hydrogens (tertiary/aromatic N) is 1. The number of rotatable bonds is 4. The Hall–Kier alpha value is -2.16. The third kappa shape index (κ3) is 3.44. The number of dihydropyridines is 1. The smallest absolute Gasteiger partial charge is 0.123 e. The summed E-state index contributed by atoms with van der Waals surface area (Å²) in [5.74, 6) is -0.234. The number of hydrogen-bond acceptors (Lipinski definition) is 2. The van der Waals surface area contributed by atoms with Gasteiger partial charge in [0.2, 0.25) is 0 Å². The van der Waals surface area contributed by atoms with E-state index >= 15 is 0 Å². The summed E-state index contributed by atoms with van der Waals surface area (Å²) in [6.45, 7) is 6.06. The summed E-state index contributed by atoms with van der Waals surface area (Å²) < 4.78 is 13.0. The van der Waals surface area contributed by atoms with Gasteiger partial charge in [-0.2, -0.15) is 0 Å². The van der Waals surface area contributed by atoms with Crippen LogP contribution in [0, 0.1) is 5.82 Å². The molecule has 2 nitrogen and oxygen atoms in total. The highest BCUT2D eigenvalue weighted by atomic mass is 19.1. The maximum atomic E-state index is 13.0. The van der Waals surface area contributed by atoms with Gasteiger partial charge in [-0.3, -0.25) is 4.99 Å². The molecule has 0 radical (unpaired) electrons. The average Bonchev–Trinajstić information content (AvgIpc) is 2.47. The van der Waals surface area contributed by atoms with Crippen LogP contribution in [0.15, 0.2) is 65.3 Å². The highest BCUT2D eigenvalue weighted by Gasteiger charge is 2.14. The van der Waals surface area contributed by atoms with Crippen molar-refractivity contribution in [3.63, 3.8) is 0 Å². The van der Waals surface area contributed by atoms with Crippen LogP contribution in [0.5, 0.6) is 0 Å². The van der Waals surface area contributed by atoms with Crippen LogP contribution in [0.4, 0.5) is 4.39 Å². The molecule has 0 aromatic heterocycles. The fraction of sp³-hybridized carbons (Fsp3) is 0.235. The van der Waals surface area contributed by atoms with E-state index < -0.39 is 0 Å². The van der Waals surface area contributed by atoms with Crippen molar-refractivity contribution >= 4 is 5.71 Å². The van der Waals surface area contributed by atoms with E-state index in [0.29, 0.717) is 0 Å². The number of allylic oxidation sites excluding steroid dienone is 2. The summed E-state index contributed by atoms with van der Waals surface area (Å²) in [6, 6.07) is 6.45. The minimum absolute atomic E-state index is 0.0448. The van der Waals surface area contributed by atoms with E-state index in [4.69, 9.17) is 4.99 Å². The molecule has 1 aromatic carbocycles. The first-order valence-corrected chi connectivity index (χ1v) is 6.65. The fourth-order valence-electron chi connectivity index (χ4n) is 1.98. The van der Waals surface area contributed by atoms with Crippen LogP contribution in [0.25, 0.3) is 0 Å². The van der Waals surface area contributed by atoms with Crippen LogP contribution in [-0.4, -0.2) is 18.8 Å². The molecule has 0 aliphatic carbocycles. The Kier molecular flexibility index (Phi) is 4.51. The molecule has 0 amide bonds. The van der Waals surface area contributed by atoms with Gasteiger partial charge in [0.05, 0.1) is 11.8 Å². The van der Waals surface area contributed by atoms with Gasteiger partial charge in [-0.15, -0.1) is 0 Å². The number of halogens is 1. The predicted molar refractivity (Wildman–Crippen MR) is 82.4 cm³/mol. The number of benzene rings is 1. The molecule has 0 fully saturated rings. The summed E-state index contributed by atoms with van der Waals surface area (Å²) in [5.41, 5.74) is 3.91. The fourth-order valence-corrected chi connectivity index (χ4v) is 1.98. The summed E-state index contributed by atoms with van der Waals surface area (Å²) in [7, 11) is 1.90. The molecule has 104 valence electrons. The van der Waals surface area contributed by atoms with Crippen molar-refractivity contribution in [2.75, 3.05) is 7.05 Å². The molecule has 1 heterocycles. The molecular formula is C17H19FN2. The normalized spacial score (nSPS) is 18.9. The van der Waals surface area contributed by atoms with Gasteiger partial charge in [0, 0.05) is 12.7 Å². The average molecular weight is 270 g/mol. The quantitative estimate of drug-likeness (QED) is 0.887. The lowest BCUT2D eigenvalue weighted by Crippen LogP contribution is -2.15. The molecule has 0 bridgehead atoms. The van der Waals surface area contributed by atoms with Gasteiger partial charge in [-0.1, -0.05) is 18.7 Å². The van der Waals surface area contributed by atoms with Crippen molar-refractivity contribution in [2.45, 2.75) is 19.4 Å². The molecule has 0 saturated heterocycles. The first-order valence-electron chi connectivity index (χ1n) is 6.65. The molecule has 0 saturated carbocycles. The van der Waals surface area contributed by atoms with Crippen LogP contribution in [0.2, 0.25) is 0 Å². The molecule has 0 unspecified atom stereocenters. The summed E-state index contributed by atoms with van der Waals surface area (Å²) in [5, 5.41) is 3.09. The molecule has 0 spiro atoms. The third-order valence-electron chi connectivity index (χ3n) is 3.36. The third-order valence-corrected chi connectivity index (χ3v) is 3.36. The monoisotopic (exact) mass is 270 g/mol. The SMILES string of the molecule is C=C1C=CC(c2ccc(F)cc2)=N[C@H]1C/C=C(\C)NC. The van der Waals surface area contributed by atoms with E-state index in [0.717, 1.165) is 29.0 Å². The molecule has 20 heavy (non-hydrogen) atoms. The van der Waals surface area contributed by atoms with Crippen LogP contribution in [0.3, 0.4) is 0 Å². The van der Waals surface area contributed by atoms with Crippen molar-refractivity contribution in [1.29, 1.82) is 0 Å². The summed E-state index contributed by atoms with van der Waals surface area (Å²) in [4.78, 5) is 4.70.